The second kappa shape index (κ2) is 9.11. The van der Waals surface area contributed by atoms with E-state index in [1.807, 2.05) is 13.0 Å². The number of allylic oxidation sites excluding steroid dienone is 3. The van der Waals surface area contributed by atoms with Gasteiger partial charge in [-0.15, -0.1) is 0 Å². The van der Waals surface area contributed by atoms with Crippen LogP contribution in [0.5, 0.6) is 0 Å². The van der Waals surface area contributed by atoms with Gasteiger partial charge in [0.1, 0.15) is 5.78 Å². The topological polar surface area (TPSA) is 77.8 Å². The van der Waals surface area contributed by atoms with Crippen molar-refractivity contribution in [2.45, 2.75) is 77.6 Å². The molecule has 0 spiro atoms. The van der Waals surface area contributed by atoms with E-state index in [2.05, 4.69) is 19.1 Å². The lowest BCUT2D eigenvalue weighted by Gasteiger charge is -2.43. The van der Waals surface area contributed by atoms with Crippen LogP contribution in [0.4, 0.5) is 0 Å². The Balaban J connectivity index is 2.10. The molecule has 2 aliphatic rings. The first-order valence-corrected chi connectivity index (χ1v) is 9.75. The van der Waals surface area contributed by atoms with Gasteiger partial charge in [-0.05, 0) is 68.3 Å². The molecule has 4 nitrogen and oxygen atoms in total. The monoisotopic (exact) mass is 350 g/mol. The summed E-state index contributed by atoms with van der Waals surface area (Å²) in [6.45, 7) is 5.74. The van der Waals surface area contributed by atoms with E-state index >= 15 is 0 Å². The Kier molecular flexibility index (Phi) is 7.41. The summed E-state index contributed by atoms with van der Waals surface area (Å²) < 4.78 is 0. The predicted molar refractivity (Wildman–Crippen MR) is 98.9 cm³/mol. The van der Waals surface area contributed by atoms with Gasteiger partial charge in [0.15, 0.2) is 0 Å². The average Bonchev–Trinajstić information content (AvgIpc) is 2.53. The fraction of sp³-hybridized carbons (Fsp3) is 0.762. The molecule has 0 aromatic heterocycles. The second-order valence-electron chi connectivity index (χ2n) is 8.07. The summed E-state index contributed by atoms with van der Waals surface area (Å²) >= 11 is 0. The Bertz CT molecular complexity index is 510. The first kappa shape index (κ1) is 20.3. The van der Waals surface area contributed by atoms with Gasteiger partial charge in [-0.2, -0.15) is 0 Å². The molecule has 0 aromatic rings. The number of hydrogen-bond donors (Lipinski definition) is 3. The van der Waals surface area contributed by atoms with Gasteiger partial charge in [0.25, 0.3) is 0 Å². The van der Waals surface area contributed by atoms with Gasteiger partial charge in [-0.25, -0.2) is 0 Å². The number of ketones is 1. The summed E-state index contributed by atoms with van der Waals surface area (Å²) in [7, 11) is 0. The van der Waals surface area contributed by atoms with Crippen LogP contribution in [0.1, 0.15) is 59.3 Å². The maximum Gasteiger partial charge on any atom is 0.130 e. The zero-order chi connectivity index (χ0) is 18.6. The van der Waals surface area contributed by atoms with Crippen molar-refractivity contribution in [2.75, 3.05) is 0 Å². The smallest absolute Gasteiger partial charge is 0.130 e. The van der Waals surface area contributed by atoms with Gasteiger partial charge >= 0.3 is 0 Å². The first-order valence-electron chi connectivity index (χ1n) is 9.75. The number of carbonyl (C=O) groups is 1. The molecular formula is C21H34O4. The van der Waals surface area contributed by atoms with Gasteiger partial charge in [0, 0.05) is 6.42 Å². The number of fused-ring (bicyclic) bond motifs is 1. The highest BCUT2D eigenvalue weighted by atomic mass is 16.3. The Hall–Kier alpha value is -0.970. The highest BCUT2D eigenvalue weighted by molar-refractivity contribution is 5.75. The maximum atomic E-state index is 11.7. The number of hydrogen-bond acceptors (Lipinski definition) is 4. The van der Waals surface area contributed by atoms with Gasteiger partial charge in [0.2, 0.25) is 0 Å². The summed E-state index contributed by atoms with van der Waals surface area (Å²) in [5, 5.41) is 30.1. The van der Waals surface area contributed by atoms with Gasteiger partial charge in [-0.3, -0.25) is 0 Å². The molecule has 0 radical (unpaired) electrons. The third kappa shape index (κ3) is 5.50. The Labute approximate surface area is 151 Å². The number of rotatable bonds is 8. The zero-order valence-electron chi connectivity index (χ0n) is 15.8. The van der Waals surface area contributed by atoms with Crippen LogP contribution in [0, 0.1) is 23.7 Å². The summed E-state index contributed by atoms with van der Waals surface area (Å²) in [4.78, 5) is 11.7. The van der Waals surface area contributed by atoms with E-state index in [0.717, 1.165) is 12.0 Å². The van der Waals surface area contributed by atoms with Crippen LogP contribution in [0.3, 0.4) is 0 Å². The van der Waals surface area contributed by atoms with Crippen LogP contribution in [-0.2, 0) is 4.79 Å². The molecule has 0 saturated heterocycles. The van der Waals surface area contributed by atoms with Crippen molar-refractivity contribution in [3.8, 4) is 0 Å². The van der Waals surface area contributed by atoms with Gasteiger partial charge < -0.3 is 20.1 Å². The molecule has 4 heteroatoms. The first-order chi connectivity index (χ1) is 11.8. The van der Waals surface area contributed by atoms with Crippen molar-refractivity contribution < 1.29 is 20.1 Å². The Morgan fingerprint density at radius 1 is 1.32 bits per heavy atom. The van der Waals surface area contributed by atoms with E-state index < -0.39 is 18.3 Å². The average molecular weight is 350 g/mol. The molecule has 3 N–H and O–H groups in total. The molecule has 0 aliphatic heterocycles. The molecule has 2 aliphatic carbocycles. The molecule has 7 unspecified atom stereocenters. The standard InChI is InChI=1S/C21H34O4/c1-4-17(23)12-18(24)7-8-20-13(2)5-6-15-10-19(25)11-16(21(15)20)9-14(3)22/h5-6,10,13,16-21,23-25H,4,7-9,11-12H2,1-3H3. The molecule has 0 bridgehead atoms. The van der Waals surface area contributed by atoms with Crippen LogP contribution < -0.4 is 0 Å². The molecule has 7 atom stereocenters. The number of aliphatic hydroxyl groups is 3. The summed E-state index contributed by atoms with van der Waals surface area (Å²) in [6.07, 6.45) is 8.61. The quantitative estimate of drug-likeness (QED) is 0.629. The Morgan fingerprint density at radius 3 is 2.68 bits per heavy atom. The van der Waals surface area contributed by atoms with Crippen LogP contribution >= 0.6 is 0 Å². The van der Waals surface area contributed by atoms with E-state index in [4.69, 9.17) is 0 Å². The van der Waals surface area contributed by atoms with E-state index in [1.165, 1.54) is 0 Å². The number of carbonyl (C=O) groups excluding carboxylic acids is 1. The maximum absolute atomic E-state index is 11.7. The van der Waals surface area contributed by atoms with Gasteiger partial charge in [0.05, 0.1) is 18.3 Å². The van der Waals surface area contributed by atoms with E-state index in [1.54, 1.807) is 6.92 Å². The molecule has 0 fully saturated rings. The van der Waals surface area contributed by atoms with Crippen LogP contribution in [0.2, 0.25) is 0 Å². The summed E-state index contributed by atoms with van der Waals surface area (Å²) in [5.41, 5.74) is 1.15. The van der Waals surface area contributed by atoms with Crippen LogP contribution in [0.25, 0.3) is 0 Å². The van der Waals surface area contributed by atoms with E-state index in [0.29, 0.717) is 43.9 Å². The second-order valence-corrected chi connectivity index (χ2v) is 8.07. The summed E-state index contributed by atoms with van der Waals surface area (Å²) in [6, 6.07) is 0. The van der Waals surface area contributed by atoms with Crippen LogP contribution in [0.15, 0.2) is 23.8 Å². The van der Waals surface area contributed by atoms with Gasteiger partial charge in [-0.1, -0.05) is 32.1 Å². The molecule has 0 saturated carbocycles. The minimum Gasteiger partial charge on any atom is -0.393 e. The lowest BCUT2D eigenvalue weighted by molar-refractivity contribution is -0.118. The summed E-state index contributed by atoms with van der Waals surface area (Å²) in [5.74, 6) is 1.36. The molecule has 0 aromatic carbocycles. The van der Waals surface area contributed by atoms with Crippen molar-refractivity contribution in [3.05, 3.63) is 23.8 Å². The van der Waals surface area contributed by atoms with E-state index in [-0.39, 0.29) is 17.6 Å². The lowest BCUT2D eigenvalue weighted by Crippen LogP contribution is -2.37. The minimum atomic E-state index is -0.485. The van der Waals surface area contributed by atoms with Crippen molar-refractivity contribution in [3.63, 3.8) is 0 Å². The lowest BCUT2D eigenvalue weighted by atomic mass is 9.62. The third-order valence-corrected chi connectivity index (χ3v) is 5.95. The fourth-order valence-corrected chi connectivity index (χ4v) is 4.63. The van der Waals surface area contributed by atoms with Crippen molar-refractivity contribution in [1.82, 2.24) is 0 Å². The SMILES string of the molecule is CCC(O)CC(O)CCC1C(C)C=CC2=CC(O)CC(CC(C)=O)C21. The van der Waals surface area contributed by atoms with E-state index in [9.17, 15) is 20.1 Å². The zero-order valence-corrected chi connectivity index (χ0v) is 15.8. The van der Waals surface area contributed by atoms with Crippen molar-refractivity contribution in [1.29, 1.82) is 0 Å². The molecule has 2 rings (SSSR count). The van der Waals surface area contributed by atoms with Crippen molar-refractivity contribution in [2.24, 2.45) is 23.7 Å². The number of aliphatic hydroxyl groups excluding tert-OH is 3. The van der Waals surface area contributed by atoms with Crippen molar-refractivity contribution >= 4 is 5.78 Å². The molecule has 0 heterocycles. The third-order valence-electron chi connectivity index (χ3n) is 5.95. The molecule has 142 valence electrons. The Morgan fingerprint density at radius 2 is 2.04 bits per heavy atom. The molecule has 0 amide bonds. The van der Waals surface area contributed by atoms with Crippen LogP contribution in [-0.4, -0.2) is 39.4 Å². The fourth-order valence-electron chi connectivity index (χ4n) is 4.63. The number of Topliss-reactive ketones (excluding diaryl/α,β-unsaturated/α-hetero) is 1. The highest BCUT2D eigenvalue weighted by Crippen LogP contribution is 2.46. The highest BCUT2D eigenvalue weighted by Gasteiger charge is 2.40. The predicted octanol–water partition coefficient (Wildman–Crippen LogP) is 3.01. The normalized spacial score (nSPS) is 34.2. The molecular weight excluding hydrogens is 316 g/mol. The largest absolute Gasteiger partial charge is 0.393 e. The molecule has 25 heavy (non-hydrogen) atoms. The minimum absolute atomic E-state index is 0.170.